The first-order chi connectivity index (χ1) is 11.1. The Kier molecular flexibility index (Phi) is 4.54. The Morgan fingerprint density at radius 2 is 1.83 bits per heavy atom. The molecule has 1 atom stereocenters. The van der Waals surface area contributed by atoms with Crippen molar-refractivity contribution < 1.29 is 27.6 Å². The zero-order valence-electron chi connectivity index (χ0n) is 13.0. The normalized spacial score (nSPS) is 21.2. The molecule has 1 aromatic carbocycles. The third-order valence-electron chi connectivity index (χ3n) is 3.42. The molecule has 2 rings (SSSR count). The van der Waals surface area contributed by atoms with Crippen molar-refractivity contribution in [3.05, 3.63) is 35.9 Å². The summed E-state index contributed by atoms with van der Waals surface area (Å²) in [6, 6.07) is 5.92. The van der Waals surface area contributed by atoms with Gasteiger partial charge in [-0.15, -0.1) is 0 Å². The van der Waals surface area contributed by atoms with Gasteiger partial charge in [0.05, 0.1) is 0 Å². The van der Waals surface area contributed by atoms with Crippen LogP contribution in [0.25, 0.3) is 0 Å². The smallest absolute Gasteiger partial charge is 0.314 e. The summed E-state index contributed by atoms with van der Waals surface area (Å²) in [5.74, 6) is -2.89. The van der Waals surface area contributed by atoms with Crippen molar-refractivity contribution in [3.8, 4) is 0 Å². The topological polar surface area (TPSA) is 78.5 Å². The highest BCUT2D eigenvalue weighted by molar-refractivity contribution is 6.10. The van der Waals surface area contributed by atoms with Gasteiger partial charge >= 0.3 is 12.2 Å². The van der Waals surface area contributed by atoms with Crippen LogP contribution in [0.5, 0.6) is 0 Å². The maximum atomic E-state index is 13.5. The third-order valence-corrected chi connectivity index (χ3v) is 3.42. The minimum atomic E-state index is -5.20. The fourth-order valence-corrected chi connectivity index (χ4v) is 2.29. The van der Waals surface area contributed by atoms with Gasteiger partial charge in [0.15, 0.2) is 0 Å². The number of alkyl halides is 3. The number of carbonyl (C=O) groups excluding carboxylic acids is 3. The maximum Gasteiger partial charge on any atom is 0.440 e. The average Bonchev–Trinajstić information content (AvgIpc) is 2.72. The van der Waals surface area contributed by atoms with E-state index in [1.165, 1.54) is 24.3 Å². The summed E-state index contributed by atoms with van der Waals surface area (Å²) in [5.41, 5.74) is -3.53. The number of hydrogen-bond donors (Lipinski definition) is 2. The summed E-state index contributed by atoms with van der Waals surface area (Å²) in [7, 11) is 0. The van der Waals surface area contributed by atoms with Crippen molar-refractivity contribution in [1.82, 2.24) is 15.5 Å². The van der Waals surface area contributed by atoms with E-state index in [-0.39, 0.29) is 18.0 Å². The lowest BCUT2D eigenvalue weighted by Crippen LogP contribution is -2.69. The van der Waals surface area contributed by atoms with Crippen LogP contribution in [0, 0.1) is 5.92 Å². The lowest BCUT2D eigenvalue weighted by atomic mass is 10.1. The Hall–Kier alpha value is -2.58. The molecule has 24 heavy (non-hydrogen) atoms. The molecule has 1 unspecified atom stereocenters. The molecule has 0 bridgehead atoms. The Labute approximate surface area is 136 Å². The first kappa shape index (κ1) is 17.8. The molecule has 0 radical (unpaired) electrons. The molecule has 1 aromatic rings. The Balaban J connectivity index is 2.37. The molecule has 1 aliphatic heterocycles. The van der Waals surface area contributed by atoms with Crippen molar-refractivity contribution in [3.63, 3.8) is 0 Å². The second-order valence-electron chi connectivity index (χ2n) is 5.81. The molecule has 4 amide bonds. The molecule has 0 aliphatic carbocycles. The van der Waals surface area contributed by atoms with Crippen molar-refractivity contribution in [2.24, 2.45) is 5.92 Å². The second kappa shape index (κ2) is 6.14. The predicted octanol–water partition coefficient (Wildman–Crippen LogP) is 1.88. The molecule has 0 saturated carbocycles. The fourth-order valence-electron chi connectivity index (χ4n) is 2.29. The molecule has 0 spiro atoms. The van der Waals surface area contributed by atoms with E-state index >= 15 is 0 Å². The van der Waals surface area contributed by atoms with Crippen LogP contribution in [0.2, 0.25) is 0 Å². The van der Waals surface area contributed by atoms with Crippen molar-refractivity contribution in [2.45, 2.75) is 25.7 Å². The average molecular weight is 343 g/mol. The number of hydrogen-bond acceptors (Lipinski definition) is 3. The summed E-state index contributed by atoms with van der Waals surface area (Å²) < 4.78 is 40.6. The minimum absolute atomic E-state index is 0.0644. The van der Waals surface area contributed by atoms with Gasteiger partial charge in [-0.25, -0.2) is 4.79 Å². The van der Waals surface area contributed by atoms with Gasteiger partial charge in [-0.1, -0.05) is 32.0 Å². The Bertz CT molecular complexity index is 661. The molecule has 1 aliphatic rings. The molecule has 6 nitrogen and oxygen atoms in total. The summed E-state index contributed by atoms with van der Waals surface area (Å²) in [6.07, 6.45) is -5.20. The number of carbonyl (C=O) groups is 3. The number of nitrogens with one attached hydrogen (secondary N) is 2. The highest BCUT2D eigenvalue weighted by atomic mass is 19.4. The van der Waals surface area contributed by atoms with E-state index in [4.69, 9.17) is 0 Å². The first-order valence-electron chi connectivity index (χ1n) is 7.17. The molecule has 1 fully saturated rings. The number of urea groups is 1. The molecule has 2 N–H and O–H groups in total. The van der Waals surface area contributed by atoms with Crippen LogP contribution in [0.3, 0.4) is 0 Å². The molecule has 1 saturated heterocycles. The van der Waals surface area contributed by atoms with Crippen LogP contribution in [0.15, 0.2) is 30.3 Å². The van der Waals surface area contributed by atoms with Crippen LogP contribution in [0.4, 0.5) is 18.0 Å². The SMILES string of the molecule is CC(C)CN1C(=O)NC(NC(=O)c2ccccc2)(C(F)(F)F)C1=O. The van der Waals surface area contributed by atoms with Crippen LogP contribution in [-0.2, 0) is 4.79 Å². The first-order valence-corrected chi connectivity index (χ1v) is 7.17. The van der Waals surface area contributed by atoms with Crippen LogP contribution >= 0.6 is 0 Å². The number of nitrogens with zero attached hydrogens (tertiary/aromatic N) is 1. The third kappa shape index (κ3) is 3.06. The number of imide groups is 1. The van der Waals surface area contributed by atoms with Crippen LogP contribution in [-0.4, -0.2) is 41.1 Å². The number of amides is 4. The summed E-state index contributed by atoms with van der Waals surface area (Å²) in [6.45, 7) is 3.11. The maximum absolute atomic E-state index is 13.5. The van der Waals surface area contributed by atoms with E-state index in [0.29, 0.717) is 4.90 Å². The predicted molar refractivity (Wildman–Crippen MR) is 77.8 cm³/mol. The second-order valence-corrected chi connectivity index (χ2v) is 5.81. The zero-order valence-corrected chi connectivity index (χ0v) is 13.0. The van der Waals surface area contributed by atoms with Gasteiger partial charge in [0.1, 0.15) is 0 Å². The number of halogens is 3. The summed E-state index contributed by atoms with van der Waals surface area (Å²) in [5, 5.41) is 3.24. The highest BCUT2D eigenvalue weighted by Gasteiger charge is 2.68. The van der Waals surface area contributed by atoms with Crippen LogP contribution in [0.1, 0.15) is 24.2 Å². The van der Waals surface area contributed by atoms with Gasteiger partial charge in [0.25, 0.3) is 17.5 Å². The molecule has 130 valence electrons. The van der Waals surface area contributed by atoms with Crippen LogP contribution < -0.4 is 10.6 Å². The van der Waals surface area contributed by atoms with E-state index in [9.17, 15) is 27.6 Å². The summed E-state index contributed by atoms with van der Waals surface area (Å²) >= 11 is 0. The molecule has 1 heterocycles. The Morgan fingerprint density at radius 1 is 1.25 bits per heavy atom. The van der Waals surface area contributed by atoms with Gasteiger partial charge in [0, 0.05) is 12.1 Å². The highest BCUT2D eigenvalue weighted by Crippen LogP contribution is 2.34. The van der Waals surface area contributed by atoms with Gasteiger partial charge in [0.2, 0.25) is 0 Å². The summed E-state index contributed by atoms with van der Waals surface area (Å²) in [4.78, 5) is 36.7. The Morgan fingerprint density at radius 3 is 2.33 bits per heavy atom. The molecule has 0 aromatic heterocycles. The van der Waals surface area contributed by atoms with E-state index in [1.807, 2.05) is 0 Å². The van der Waals surface area contributed by atoms with Gasteiger partial charge in [-0.3, -0.25) is 19.8 Å². The molecular weight excluding hydrogens is 327 g/mol. The van der Waals surface area contributed by atoms with Gasteiger partial charge in [-0.05, 0) is 18.1 Å². The van der Waals surface area contributed by atoms with E-state index in [0.717, 1.165) is 0 Å². The number of benzene rings is 1. The van der Waals surface area contributed by atoms with E-state index in [1.54, 1.807) is 30.5 Å². The van der Waals surface area contributed by atoms with E-state index in [2.05, 4.69) is 0 Å². The lowest BCUT2D eigenvalue weighted by molar-refractivity contribution is -0.200. The van der Waals surface area contributed by atoms with Crippen molar-refractivity contribution >= 4 is 17.8 Å². The van der Waals surface area contributed by atoms with E-state index < -0.39 is 29.7 Å². The number of rotatable bonds is 4. The monoisotopic (exact) mass is 343 g/mol. The zero-order chi connectivity index (χ0) is 18.1. The van der Waals surface area contributed by atoms with Gasteiger partial charge < -0.3 is 5.32 Å². The van der Waals surface area contributed by atoms with Gasteiger partial charge in [-0.2, -0.15) is 13.2 Å². The largest absolute Gasteiger partial charge is 0.440 e. The minimum Gasteiger partial charge on any atom is -0.314 e. The lowest BCUT2D eigenvalue weighted by Gasteiger charge is -2.30. The standard InChI is InChI=1S/C15H16F3N3O3/c1-9(2)8-21-12(23)14(15(16,17)18,20-13(21)24)19-11(22)10-6-4-3-5-7-10/h3-7,9H,8H2,1-2H3,(H,19,22)(H,20,24). The van der Waals surface area contributed by atoms with Crippen molar-refractivity contribution in [1.29, 1.82) is 0 Å². The molecule has 9 heteroatoms. The van der Waals surface area contributed by atoms with Crippen molar-refractivity contribution in [2.75, 3.05) is 6.54 Å². The molecular formula is C15H16F3N3O3. The fraction of sp³-hybridized carbons (Fsp3) is 0.400. The quantitative estimate of drug-likeness (QED) is 0.820.